The minimum atomic E-state index is -3.75. The van der Waals surface area contributed by atoms with Crippen molar-refractivity contribution in [3.8, 4) is 21.7 Å². The van der Waals surface area contributed by atoms with Crippen LogP contribution in [0.15, 0.2) is 106 Å². The standard InChI is InChI=1S/C28H24N4O2S3/c1-19-18-29-28(31-26(19)27-24(17-25(35-2)36-27)20-10-5-3-6-11-20)30-22-14-9-15-23(16-22)37(33,34)32-21-12-7-4-8-13-21/h3-18,32H,1-2H3,(H,29,30,31). The second kappa shape index (κ2) is 10.8. The molecule has 0 spiro atoms. The van der Waals surface area contributed by atoms with Crippen LogP contribution in [0.2, 0.25) is 0 Å². The van der Waals surface area contributed by atoms with Gasteiger partial charge in [-0.3, -0.25) is 4.72 Å². The van der Waals surface area contributed by atoms with Gasteiger partial charge in [-0.15, -0.1) is 23.1 Å². The van der Waals surface area contributed by atoms with Crippen LogP contribution < -0.4 is 10.0 Å². The molecule has 2 heterocycles. The first-order valence-corrected chi connectivity index (χ1v) is 15.0. The average Bonchev–Trinajstić information content (AvgIpc) is 3.35. The Morgan fingerprint density at radius 1 is 0.865 bits per heavy atom. The fourth-order valence-electron chi connectivity index (χ4n) is 3.80. The Balaban J connectivity index is 1.46. The minimum absolute atomic E-state index is 0.142. The summed E-state index contributed by atoms with van der Waals surface area (Å²) in [6, 6.07) is 27.9. The molecular formula is C28H24N4O2S3. The van der Waals surface area contributed by atoms with Gasteiger partial charge in [0.15, 0.2) is 0 Å². The maximum absolute atomic E-state index is 12.9. The van der Waals surface area contributed by atoms with Crippen molar-refractivity contribution in [2.75, 3.05) is 16.3 Å². The molecule has 2 N–H and O–H groups in total. The highest BCUT2D eigenvalue weighted by Crippen LogP contribution is 2.43. The molecule has 0 aliphatic carbocycles. The summed E-state index contributed by atoms with van der Waals surface area (Å²) in [5, 5.41) is 3.18. The number of nitrogens with one attached hydrogen (secondary N) is 2. The highest BCUT2D eigenvalue weighted by molar-refractivity contribution is 8.00. The van der Waals surface area contributed by atoms with Gasteiger partial charge >= 0.3 is 0 Å². The van der Waals surface area contributed by atoms with Crippen LogP contribution >= 0.6 is 23.1 Å². The molecule has 3 aromatic carbocycles. The molecule has 5 aromatic rings. The molecule has 0 bridgehead atoms. The lowest BCUT2D eigenvalue weighted by Gasteiger charge is -2.12. The molecule has 5 rings (SSSR count). The lowest BCUT2D eigenvalue weighted by Crippen LogP contribution is -2.13. The summed E-state index contributed by atoms with van der Waals surface area (Å²) in [6.07, 6.45) is 3.85. The first kappa shape index (κ1) is 25.0. The van der Waals surface area contributed by atoms with E-state index in [0.717, 1.165) is 27.3 Å². The Hall–Kier alpha value is -3.66. The second-order valence-electron chi connectivity index (χ2n) is 8.23. The zero-order valence-corrected chi connectivity index (χ0v) is 22.6. The SMILES string of the molecule is CSc1cc(-c2ccccc2)c(-c2nc(Nc3cccc(S(=O)(=O)Nc4ccccc4)c3)ncc2C)s1. The summed E-state index contributed by atoms with van der Waals surface area (Å²) in [5.41, 5.74) is 5.14. The predicted molar refractivity (Wildman–Crippen MR) is 154 cm³/mol. The minimum Gasteiger partial charge on any atom is -0.324 e. The van der Waals surface area contributed by atoms with E-state index in [4.69, 9.17) is 4.98 Å². The summed E-state index contributed by atoms with van der Waals surface area (Å²) < 4.78 is 29.6. The molecule has 0 aliphatic heterocycles. The quantitative estimate of drug-likeness (QED) is 0.197. The van der Waals surface area contributed by atoms with Gasteiger partial charge < -0.3 is 5.32 Å². The summed E-state index contributed by atoms with van der Waals surface area (Å²) in [6.45, 7) is 1.99. The molecule has 37 heavy (non-hydrogen) atoms. The monoisotopic (exact) mass is 544 g/mol. The Labute approximate surface area is 224 Å². The molecule has 0 radical (unpaired) electrons. The van der Waals surface area contributed by atoms with Crippen LogP contribution in [-0.2, 0) is 10.0 Å². The zero-order valence-electron chi connectivity index (χ0n) is 20.2. The first-order valence-electron chi connectivity index (χ1n) is 11.4. The van der Waals surface area contributed by atoms with E-state index in [9.17, 15) is 8.42 Å². The predicted octanol–water partition coefficient (Wildman–Crippen LogP) is 7.45. The summed E-state index contributed by atoms with van der Waals surface area (Å²) >= 11 is 3.41. The van der Waals surface area contributed by atoms with Crippen LogP contribution in [0.3, 0.4) is 0 Å². The maximum atomic E-state index is 12.9. The van der Waals surface area contributed by atoms with Gasteiger partial charge in [0.25, 0.3) is 10.0 Å². The van der Waals surface area contributed by atoms with Crippen LogP contribution in [0.1, 0.15) is 5.56 Å². The van der Waals surface area contributed by atoms with Crippen molar-refractivity contribution in [2.45, 2.75) is 16.0 Å². The van der Waals surface area contributed by atoms with Gasteiger partial charge in [0, 0.05) is 23.1 Å². The molecule has 2 aromatic heterocycles. The molecule has 0 saturated carbocycles. The Kier molecular flexibility index (Phi) is 7.27. The van der Waals surface area contributed by atoms with Gasteiger partial charge in [-0.2, -0.15) is 0 Å². The van der Waals surface area contributed by atoms with E-state index >= 15 is 0 Å². The van der Waals surface area contributed by atoms with Crippen molar-refractivity contribution in [1.82, 2.24) is 9.97 Å². The lowest BCUT2D eigenvalue weighted by atomic mass is 10.0. The van der Waals surface area contributed by atoms with Crippen molar-refractivity contribution >= 4 is 50.4 Å². The van der Waals surface area contributed by atoms with Crippen LogP contribution in [-0.4, -0.2) is 24.6 Å². The molecule has 0 aliphatic rings. The average molecular weight is 545 g/mol. The number of rotatable bonds is 8. The Bertz CT molecular complexity index is 1640. The van der Waals surface area contributed by atoms with E-state index in [1.807, 2.05) is 31.2 Å². The molecule has 0 fully saturated rings. The molecular weight excluding hydrogens is 521 g/mol. The van der Waals surface area contributed by atoms with E-state index in [0.29, 0.717) is 17.3 Å². The largest absolute Gasteiger partial charge is 0.324 e. The number of hydrogen-bond donors (Lipinski definition) is 2. The number of para-hydroxylation sites is 1. The van der Waals surface area contributed by atoms with Gasteiger partial charge in [-0.1, -0.05) is 54.6 Å². The molecule has 9 heteroatoms. The number of sulfonamides is 1. The van der Waals surface area contributed by atoms with Crippen molar-refractivity contribution in [2.24, 2.45) is 0 Å². The van der Waals surface area contributed by atoms with Gasteiger partial charge in [0.1, 0.15) is 0 Å². The van der Waals surface area contributed by atoms with Crippen LogP contribution in [0, 0.1) is 6.92 Å². The van der Waals surface area contributed by atoms with Crippen LogP contribution in [0.5, 0.6) is 0 Å². The molecule has 0 saturated heterocycles. The Morgan fingerprint density at radius 2 is 1.57 bits per heavy atom. The van der Waals surface area contributed by atoms with Gasteiger partial charge in [-0.05, 0) is 60.7 Å². The van der Waals surface area contributed by atoms with Crippen molar-refractivity contribution in [3.63, 3.8) is 0 Å². The fourth-order valence-corrected chi connectivity index (χ4v) is 6.69. The van der Waals surface area contributed by atoms with Crippen molar-refractivity contribution < 1.29 is 8.42 Å². The second-order valence-corrected chi connectivity index (χ2v) is 12.1. The normalized spacial score (nSPS) is 11.3. The number of nitrogens with zero attached hydrogens (tertiary/aromatic N) is 2. The number of anilines is 3. The van der Waals surface area contributed by atoms with E-state index < -0.39 is 10.0 Å². The van der Waals surface area contributed by atoms with E-state index in [-0.39, 0.29) is 4.90 Å². The summed E-state index contributed by atoms with van der Waals surface area (Å²) in [4.78, 5) is 10.5. The van der Waals surface area contributed by atoms with E-state index in [2.05, 4.69) is 39.5 Å². The lowest BCUT2D eigenvalue weighted by molar-refractivity contribution is 0.601. The fraction of sp³-hybridized carbons (Fsp3) is 0.0714. The van der Waals surface area contributed by atoms with Crippen molar-refractivity contribution in [1.29, 1.82) is 0 Å². The van der Waals surface area contributed by atoms with Gasteiger partial charge in [0.05, 0.1) is 19.7 Å². The smallest absolute Gasteiger partial charge is 0.261 e. The summed E-state index contributed by atoms with van der Waals surface area (Å²) in [5.74, 6) is 0.393. The van der Waals surface area contributed by atoms with E-state index in [1.54, 1.807) is 77.8 Å². The third-order valence-corrected chi connectivity index (χ3v) is 9.19. The maximum Gasteiger partial charge on any atom is 0.261 e. The Morgan fingerprint density at radius 3 is 2.30 bits per heavy atom. The number of benzene rings is 3. The van der Waals surface area contributed by atoms with Crippen LogP contribution in [0.25, 0.3) is 21.7 Å². The number of thioether (sulfide) groups is 1. The molecule has 0 amide bonds. The number of aromatic nitrogens is 2. The third-order valence-electron chi connectivity index (χ3n) is 5.61. The molecule has 186 valence electrons. The highest BCUT2D eigenvalue weighted by atomic mass is 32.2. The molecule has 6 nitrogen and oxygen atoms in total. The molecule has 0 unspecified atom stereocenters. The zero-order chi connectivity index (χ0) is 25.8. The molecule has 0 atom stereocenters. The van der Waals surface area contributed by atoms with Gasteiger partial charge in [-0.25, -0.2) is 18.4 Å². The number of hydrogen-bond acceptors (Lipinski definition) is 7. The number of thiophene rings is 1. The number of aryl methyl sites for hydroxylation is 1. The van der Waals surface area contributed by atoms with Gasteiger partial charge in [0.2, 0.25) is 5.95 Å². The topological polar surface area (TPSA) is 84.0 Å². The van der Waals surface area contributed by atoms with Crippen LogP contribution in [0.4, 0.5) is 17.3 Å². The van der Waals surface area contributed by atoms with E-state index in [1.165, 1.54) is 4.21 Å². The summed E-state index contributed by atoms with van der Waals surface area (Å²) in [7, 11) is -3.75. The first-order chi connectivity index (χ1) is 17.9. The van der Waals surface area contributed by atoms with Crippen molar-refractivity contribution in [3.05, 3.63) is 103 Å². The highest BCUT2D eigenvalue weighted by Gasteiger charge is 2.18. The third kappa shape index (κ3) is 5.69.